The van der Waals surface area contributed by atoms with Gasteiger partial charge in [0.1, 0.15) is 0 Å². The first-order chi connectivity index (χ1) is 15.5. The predicted molar refractivity (Wildman–Crippen MR) is 123 cm³/mol. The summed E-state index contributed by atoms with van der Waals surface area (Å²) in [5.41, 5.74) is 1.71. The van der Waals surface area contributed by atoms with Gasteiger partial charge in [0.2, 0.25) is 11.7 Å². The first-order valence-electron chi connectivity index (χ1n) is 11.2. The number of carbonyl (C=O) groups excluding carboxylic acids is 2. The van der Waals surface area contributed by atoms with Crippen LogP contribution in [-0.4, -0.2) is 38.7 Å². The van der Waals surface area contributed by atoms with Gasteiger partial charge in [0.15, 0.2) is 5.82 Å². The van der Waals surface area contributed by atoms with Crippen molar-refractivity contribution in [1.29, 1.82) is 0 Å². The third-order valence-corrected chi connectivity index (χ3v) is 5.65. The number of hydrogen-bond donors (Lipinski definition) is 2. The Hall–Kier alpha value is -3.48. The summed E-state index contributed by atoms with van der Waals surface area (Å²) in [4.78, 5) is 30.0. The minimum Gasteiger partial charge on any atom is -0.354 e. The normalized spacial score (nSPS) is 18.3. The molecule has 0 spiro atoms. The maximum absolute atomic E-state index is 13.0. The van der Waals surface area contributed by atoms with E-state index >= 15 is 0 Å². The fourth-order valence-corrected chi connectivity index (χ4v) is 4.14. The highest BCUT2D eigenvalue weighted by Crippen LogP contribution is 2.25. The molecule has 2 unspecified atom stereocenters. The molecule has 1 aliphatic carbocycles. The molecule has 2 N–H and O–H groups in total. The molecule has 0 saturated heterocycles. The zero-order valence-electron chi connectivity index (χ0n) is 18.5. The molecule has 1 aliphatic rings. The van der Waals surface area contributed by atoms with Gasteiger partial charge in [-0.15, -0.1) is 5.10 Å². The minimum absolute atomic E-state index is 0.0665. The Morgan fingerprint density at radius 1 is 1.00 bits per heavy atom. The van der Waals surface area contributed by atoms with Crippen molar-refractivity contribution in [3.63, 3.8) is 0 Å². The molecule has 0 radical (unpaired) electrons. The van der Waals surface area contributed by atoms with Crippen LogP contribution in [0.1, 0.15) is 50.1 Å². The molecule has 7 heteroatoms. The van der Waals surface area contributed by atoms with E-state index in [-0.39, 0.29) is 35.6 Å². The van der Waals surface area contributed by atoms with Crippen LogP contribution >= 0.6 is 0 Å². The van der Waals surface area contributed by atoms with Gasteiger partial charge in [0.05, 0.1) is 5.69 Å². The molecule has 2 amide bonds. The Kier molecular flexibility index (Phi) is 6.63. The van der Waals surface area contributed by atoms with Crippen molar-refractivity contribution in [2.24, 2.45) is 5.92 Å². The van der Waals surface area contributed by atoms with Gasteiger partial charge in [0, 0.05) is 23.6 Å². The van der Waals surface area contributed by atoms with Crippen LogP contribution in [0.15, 0.2) is 60.7 Å². The lowest BCUT2D eigenvalue weighted by Crippen LogP contribution is -2.44. The molecule has 166 valence electrons. The molecule has 0 bridgehead atoms. The fraction of sp³-hybridized carbons (Fsp3) is 0.360. The van der Waals surface area contributed by atoms with Crippen molar-refractivity contribution in [3.8, 4) is 17.1 Å². The number of carbonyl (C=O) groups is 2. The number of hydrogen-bond acceptors (Lipinski definition) is 4. The van der Waals surface area contributed by atoms with E-state index in [1.165, 1.54) is 0 Å². The van der Waals surface area contributed by atoms with E-state index in [4.69, 9.17) is 0 Å². The highest BCUT2D eigenvalue weighted by Gasteiger charge is 2.29. The van der Waals surface area contributed by atoms with Gasteiger partial charge < -0.3 is 10.6 Å². The monoisotopic (exact) mass is 431 g/mol. The summed E-state index contributed by atoms with van der Waals surface area (Å²) in [5, 5.41) is 10.6. The molecule has 1 saturated carbocycles. The zero-order chi connectivity index (χ0) is 22.5. The van der Waals surface area contributed by atoms with Gasteiger partial charge in [-0.3, -0.25) is 9.59 Å². The first-order valence-corrected chi connectivity index (χ1v) is 11.2. The Morgan fingerprint density at radius 3 is 2.38 bits per heavy atom. The van der Waals surface area contributed by atoms with Crippen LogP contribution in [0, 0.1) is 5.92 Å². The average molecular weight is 432 g/mol. The number of para-hydroxylation sites is 1. The molecule has 0 aliphatic heterocycles. The number of benzene rings is 2. The molecule has 7 nitrogen and oxygen atoms in total. The van der Waals surface area contributed by atoms with E-state index < -0.39 is 0 Å². The third kappa shape index (κ3) is 5.04. The number of nitrogens with zero attached hydrogens (tertiary/aromatic N) is 3. The van der Waals surface area contributed by atoms with Crippen LogP contribution in [0.5, 0.6) is 0 Å². The third-order valence-electron chi connectivity index (χ3n) is 5.65. The van der Waals surface area contributed by atoms with Crippen LogP contribution < -0.4 is 10.6 Å². The van der Waals surface area contributed by atoms with Crippen molar-refractivity contribution < 1.29 is 9.59 Å². The van der Waals surface area contributed by atoms with Crippen LogP contribution in [0.25, 0.3) is 17.1 Å². The number of nitrogens with one attached hydrogen (secondary N) is 2. The van der Waals surface area contributed by atoms with Crippen LogP contribution in [-0.2, 0) is 4.79 Å². The molecule has 3 aromatic rings. The SMILES string of the molecule is CC(C)NC(=O)C1CCCC(NC(=O)c2nc(-c3ccccc3)n(-c3ccccc3)n2)C1. The predicted octanol–water partition coefficient (Wildman–Crippen LogP) is 3.75. The van der Waals surface area contributed by atoms with Crippen LogP contribution in [0.3, 0.4) is 0 Å². The van der Waals surface area contributed by atoms with Crippen molar-refractivity contribution in [2.45, 2.75) is 51.6 Å². The van der Waals surface area contributed by atoms with E-state index in [9.17, 15) is 9.59 Å². The van der Waals surface area contributed by atoms with E-state index in [2.05, 4.69) is 20.7 Å². The van der Waals surface area contributed by atoms with Crippen molar-refractivity contribution >= 4 is 11.8 Å². The first kappa shape index (κ1) is 21.7. The molecule has 32 heavy (non-hydrogen) atoms. The fourth-order valence-electron chi connectivity index (χ4n) is 4.14. The van der Waals surface area contributed by atoms with Gasteiger partial charge in [-0.05, 0) is 45.2 Å². The Morgan fingerprint density at radius 2 is 1.69 bits per heavy atom. The minimum atomic E-state index is -0.313. The summed E-state index contributed by atoms with van der Waals surface area (Å²) < 4.78 is 1.70. The van der Waals surface area contributed by atoms with Crippen molar-refractivity contribution in [1.82, 2.24) is 25.4 Å². The standard InChI is InChI=1S/C25H29N5O2/c1-17(2)26-24(31)19-12-9-13-20(16-19)27-25(32)22-28-23(18-10-5-3-6-11-18)30(29-22)21-14-7-4-8-15-21/h3-8,10-11,14-15,17,19-20H,9,12-13,16H2,1-2H3,(H,26,31)(H,27,32). The second-order valence-corrected chi connectivity index (χ2v) is 8.57. The number of amides is 2. The van der Waals surface area contributed by atoms with Gasteiger partial charge >= 0.3 is 0 Å². The smallest absolute Gasteiger partial charge is 0.291 e. The quantitative estimate of drug-likeness (QED) is 0.622. The largest absolute Gasteiger partial charge is 0.354 e. The average Bonchev–Trinajstić information content (AvgIpc) is 3.26. The number of aromatic nitrogens is 3. The summed E-state index contributed by atoms with van der Waals surface area (Å²) in [6.45, 7) is 3.91. The topological polar surface area (TPSA) is 88.9 Å². The van der Waals surface area contributed by atoms with E-state index in [1.807, 2.05) is 74.5 Å². The Bertz CT molecular complexity index is 1010. The van der Waals surface area contributed by atoms with Gasteiger partial charge in [-0.2, -0.15) is 0 Å². The van der Waals surface area contributed by atoms with Gasteiger partial charge in [-0.25, -0.2) is 9.67 Å². The molecule has 1 heterocycles. The van der Waals surface area contributed by atoms with Crippen LogP contribution in [0.4, 0.5) is 0 Å². The lowest BCUT2D eigenvalue weighted by Gasteiger charge is -2.29. The van der Waals surface area contributed by atoms with Gasteiger partial charge in [0.25, 0.3) is 5.91 Å². The second-order valence-electron chi connectivity index (χ2n) is 8.57. The molecule has 2 atom stereocenters. The molecular formula is C25H29N5O2. The van der Waals surface area contributed by atoms with Crippen molar-refractivity contribution in [2.75, 3.05) is 0 Å². The summed E-state index contributed by atoms with van der Waals surface area (Å²) in [7, 11) is 0. The molecule has 4 rings (SSSR count). The van der Waals surface area contributed by atoms with E-state index in [0.717, 1.165) is 30.5 Å². The Balaban J connectivity index is 1.54. The van der Waals surface area contributed by atoms with Crippen molar-refractivity contribution in [3.05, 3.63) is 66.5 Å². The number of rotatable bonds is 6. The Labute approximate surface area is 188 Å². The lowest BCUT2D eigenvalue weighted by atomic mass is 9.85. The zero-order valence-corrected chi connectivity index (χ0v) is 18.5. The summed E-state index contributed by atoms with van der Waals surface area (Å²) in [6, 6.07) is 19.4. The maximum atomic E-state index is 13.0. The van der Waals surface area contributed by atoms with E-state index in [0.29, 0.717) is 12.2 Å². The second kappa shape index (κ2) is 9.77. The maximum Gasteiger partial charge on any atom is 0.291 e. The molecule has 1 aromatic heterocycles. The summed E-state index contributed by atoms with van der Waals surface area (Å²) in [6.07, 6.45) is 3.24. The van der Waals surface area contributed by atoms with Gasteiger partial charge in [-0.1, -0.05) is 55.0 Å². The highest BCUT2D eigenvalue weighted by molar-refractivity contribution is 5.91. The molecular weight excluding hydrogens is 402 g/mol. The highest BCUT2D eigenvalue weighted by atomic mass is 16.2. The summed E-state index contributed by atoms with van der Waals surface area (Å²) in [5.74, 6) is 0.413. The molecule has 2 aromatic carbocycles. The van der Waals surface area contributed by atoms with Crippen LogP contribution in [0.2, 0.25) is 0 Å². The molecule has 1 fully saturated rings. The summed E-state index contributed by atoms with van der Waals surface area (Å²) >= 11 is 0. The lowest BCUT2D eigenvalue weighted by molar-refractivity contribution is -0.126. The van der Waals surface area contributed by atoms with E-state index in [1.54, 1.807) is 4.68 Å².